The first-order valence-corrected chi connectivity index (χ1v) is 9.93. The maximum absolute atomic E-state index is 13.9. The Morgan fingerprint density at radius 2 is 2.15 bits per heavy atom. The van der Waals surface area contributed by atoms with Crippen molar-refractivity contribution in [2.75, 3.05) is 5.32 Å². The van der Waals surface area contributed by atoms with E-state index in [1.165, 1.54) is 11.1 Å². The molecule has 3 heterocycles. The Balaban J connectivity index is 1.72. The molecule has 0 unspecified atom stereocenters. The molecule has 3 aromatic rings. The molecular formula is C19H19ClFN5S. The Morgan fingerprint density at radius 1 is 1.33 bits per heavy atom. The van der Waals surface area contributed by atoms with Crippen molar-refractivity contribution in [2.24, 2.45) is 5.73 Å². The standard InChI is InChI=1S/C19H19ClFN5S/c1-10-15-17(27-16(10)12-4-2-3-5-14(12)22)18(26-19(20)25-15)24-8-11-6-7-23-9-13(11)21/h2-3,6-7,9,12,14H,4-5,8,22H2,1H3,(H,24,25,26)/t12-,14-/m0/s1. The minimum Gasteiger partial charge on any atom is -0.365 e. The largest absolute Gasteiger partial charge is 0.365 e. The van der Waals surface area contributed by atoms with Crippen LogP contribution in [0.1, 0.15) is 34.8 Å². The van der Waals surface area contributed by atoms with Gasteiger partial charge in [-0.3, -0.25) is 4.98 Å². The van der Waals surface area contributed by atoms with E-state index in [0.717, 1.165) is 28.6 Å². The molecule has 0 saturated carbocycles. The molecule has 0 aliphatic heterocycles. The van der Waals surface area contributed by atoms with Crippen LogP contribution in [0.15, 0.2) is 30.6 Å². The number of nitrogens with zero attached hydrogens (tertiary/aromatic N) is 3. The van der Waals surface area contributed by atoms with E-state index < -0.39 is 0 Å². The first-order chi connectivity index (χ1) is 13.0. The third kappa shape index (κ3) is 3.54. The van der Waals surface area contributed by atoms with Gasteiger partial charge in [0.05, 0.1) is 16.4 Å². The molecule has 3 N–H and O–H groups in total. The van der Waals surface area contributed by atoms with Crippen LogP contribution in [-0.2, 0) is 6.54 Å². The highest BCUT2D eigenvalue weighted by Crippen LogP contribution is 2.42. The molecule has 8 heteroatoms. The van der Waals surface area contributed by atoms with Crippen molar-refractivity contribution < 1.29 is 4.39 Å². The topological polar surface area (TPSA) is 76.7 Å². The lowest BCUT2D eigenvalue weighted by Crippen LogP contribution is -2.29. The molecule has 5 nitrogen and oxygen atoms in total. The van der Waals surface area contributed by atoms with Crippen molar-refractivity contribution in [3.63, 3.8) is 0 Å². The van der Waals surface area contributed by atoms with Gasteiger partial charge in [-0.25, -0.2) is 9.37 Å². The van der Waals surface area contributed by atoms with Crippen LogP contribution in [0.3, 0.4) is 0 Å². The van der Waals surface area contributed by atoms with Gasteiger partial charge in [0.1, 0.15) is 11.6 Å². The van der Waals surface area contributed by atoms with Gasteiger partial charge < -0.3 is 11.1 Å². The van der Waals surface area contributed by atoms with Crippen molar-refractivity contribution in [1.29, 1.82) is 0 Å². The van der Waals surface area contributed by atoms with Crippen molar-refractivity contribution in [3.05, 3.63) is 57.7 Å². The Morgan fingerprint density at radius 3 is 2.93 bits per heavy atom. The number of nitrogens with two attached hydrogens (primary N) is 1. The number of allylic oxidation sites excluding steroid dienone is 1. The summed E-state index contributed by atoms with van der Waals surface area (Å²) in [4.78, 5) is 13.8. The zero-order valence-corrected chi connectivity index (χ0v) is 16.3. The number of aromatic nitrogens is 3. The highest BCUT2D eigenvalue weighted by atomic mass is 35.5. The van der Waals surface area contributed by atoms with E-state index in [0.29, 0.717) is 11.4 Å². The Labute approximate surface area is 165 Å². The van der Waals surface area contributed by atoms with Crippen LogP contribution < -0.4 is 11.1 Å². The number of thiophene rings is 1. The monoisotopic (exact) mass is 403 g/mol. The number of hydrogen-bond acceptors (Lipinski definition) is 6. The second kappa shape index (κ2) is 7.50. The predicted octanol–water partition coefficient (Wildman–Crippen LogP) is 4.56. The fraction of sp³-hybridized carbons (Fsp3) is 0.316. The highest BCUT2D eigenvalue weighted by Gasteiger charge is 2.26. The number of rotatable bonds is 4. The van der Waals surface area contributed by atoms with Crippen LogP contribution in [0, 0.1) is 12.7 Å². The first-order valence-electron chi connectivity index (χ1n) is 8.74. The zero-order valence-electron chi connectivity index (χ0n) is 14.7. The van der Waals surface area contributed by atoms with E-state index in [9.17, 15) is 4.39 Å². The second-order valence-electron chi connectivity index (χ2n) is 6.64. The smallest absolute Gasteiger partial charge is 0.224 e. The number of hydrogen-bond donors (Lipinski definition) is 2. The number of anilines is 1. The molecule has 0 fully saturated rings. The Hall–Kier alpha value is -2.09. The highest BCUT2D eigenvalue weighted by molar-refractivity contribution is 7.20. The van der Waals surface area contributed by atoms with E-state index >= 15 is 0 Å². The Kier molecular flexibility index (Phi) is 5.08. The number of aryl methyl sites for hydroxylation is 1. The third-order valence-corrected chi connectivity index (χ3v) is 6.49. The lowest BCUT2D eigenvalue weighted by molar-refractivity contribution is 0.526. The fourth-order valence-corrected chi connectivity index (χ4v) is 4.98. The maximum atomic E-state index is 13.9. The molecule has 0 spiro atoms. The average molecular weight is 404 g/mol. The SMILES string of the molecule is Cc1c([C@H]2CC=CC[C@@H]2N)sc2c(NCc3ccncc3F)nc(Cl)nc12. The molecule has 0 amide bonds. The maximum Gasteiger partial charge on any atom is 0.224 e. The Bertz CT molecular complexity index is 1020. The third-order valence-electron chi connectivity index (χ3n) is 4.90. The summed E-state index contributed by atoms with van der Waals surface area (Å²) in [5.41, 5.74) is 8.78. The van der Waals surface area contributed by atoms with Gasteiger partial charge in [0.25, 0.3) is 0 Å². The lowest BCUT2D eigenvalue weighted by Gasteiger charge is -2.24. The first kappa shape index (κ1) is 18.3. The molecular weight excluding hydrogens is 385 g/mol. The summed E-state index contributed by atoms with van der Waals surface area (Å²) in [7, 11) is 0. The second-order valence-corrected chi connectivity index (χ2v) is 8.03. The van der Waals surface area contributed by atoms with Gasteiger partial charge in [-0.2, -0.15) is 4.98 Å². The lowest BCUT2D eigenvalue weighted by atomic mass is 9.87. The van der Waals surface area contributed by atoms with Gasteiger partial charge in [-0.1, -0.05) is 12.2 Å². The van der Waals surface area contributed by atoms with E-state index in [-0.39, 0.29) is 29.6 Å². The molecule has 140 valence electrons. The van der Waals surface area contributed by atoms with Crippen molar-refractivity contribution in [3.8, 4) is 0 Å². The van der Waals surface area contributed by atoms with Crippen molar-refractivity contribution in [2.45, 2.75) is 38.3 Å². The van der Waals surface area contributed by atoms with Crippen LogP contribution in [0.2, 0.25) is 5.28 Å². The quantitative estimate of drug-likeness (QED) is 0.493. The molecule has 1 aliphatic carbocycles. The van der Waals surface area contributed by atoms with Gasteiger partial charge in [-0.15, -0.1) is 11.3 Å². The van der Waals surface area contributed by atoms with Gasteiger partial charge in [0.2, 0.25) is 5.28 Å². The van der Waals surface area contributed by atoms with Crippen molar-refractivity contribution in [1.82, 2.24) is 15.0 Å². The van der Waals surface area contributed by atoms with Crippen LogP contribution >= 0.6 is 22.9 Å². The predicted molar refractivity (Wildman–Crippen MR) is 108 cm³/mol. The molecule has 3 aromatic heterocycles. The average Bonchev–Trinajstić information content (AvgIpc) is 2.98. The number of nitrogens with one attached hydrogen (secondary N) is 1. The molecule has 1 aliphatic rings. The molecule has 0 bridgehead atoms. The molecule has 0 radical (unpaired) electrons. The van der Waals surface area contributed by atoms with Gasteiger partial charge >= 0.3 is 0 Å². The zero-order chi connectivity index (χ0) is 19.0. The minimum atomic E-state index is -0.357. The molecule has 2 atom stereocenters. The molecule has 0 aromatic carbocycles. The van der Waals surface area contributed by atoms with Crippen LogP contribution in [0.25, 0.3) is 10.2 Å². The normalized spacial score (nSPS) is 19.6. The number of fused-ring (bicyclic) bond motifs is 1. The van der Waals surface area contributed by atoms with E-state index in [1.54, 1.807) is 23.6 Å². The summed E-state index contributed by atoms with van der Waals surface area (Å²) >= 11 is 7.80. The summed E-state index contributed by atoms with van der Waals surface area (Å²) in [6, 6.07) is 1.73. The van der Waals surface area contributed by atoms with Gasteiger partial charge in [0, 0.05) is 35.1 Å². The van der Waals surface area contributed by atoms with E-state index in [2.05, 4.69) is 39.3 Å². The number of pyridine rings is 1. The van der Waals surface area contributed by atoms with Gasteiger partial charge in [0.15, 0.2) is 0 Å². The summed E-state index contributed by atoms with van der Waals surface area (Å²) in [6.07, 6.45) is 8.87. The summed E-state index contributed by atoms with van der Waals surface area (Å²) in [5, 5.41) is 3.37. The summed E-state index contributed by atoms with van der Waals surface area (Å²) < 4.78 is 14.8. The van der Waals surface area contributed by atoms with Gasteiger partial charge in [-0.05, 0) is 43.0 Å². The van der Waals surface area contributed by atoms with Crippen LogP contribution in [-0.4, -0.2) is 21.0 Å². The van der Waals surface area contributed by atoms with Crippen LogP contribution in [0.4, 0.5) is 10.2 Å². The minimum absolute atomic E-state index is 0.0903. The number of halogens is 2. The van der Waals surface area contributed by atoms with Crippen molar-refractivity contribution >= 4 is 39.0 Å². The van der Waals surface area contributed by atoms with E-state index in [4.69, 9.17) is 17.3 Å². The molecule has 4 rings (SSSR count). The molecule has 0 saturated heterocycles. The summed E-state index contributed by atoms with van der Waals surface area (Å²) in [5.74, 6) is 0.517. The fourth-order valence-electron chi connectivity index (χ4n) is 3.41. The summed E-state index contributed by atoms with van der Waals surface area (Å²) in [6.45, 7) is 2.34. The molecule has 27 heavy (non-hydrogen) atoms. The van der Waals surface area contributed by atoms with Crippen LogP contribution in [0.5, 0.6) is 0 Å². The van der Waals surface area contributed by atoms with E-state index in [1.807, 2.05) is 0 Å².